The number of hydrogen-bond acceptors (Lipinski definition) is 4. The van der Waals surface area contributed by atoms with E-state index in [1.165, 1.54) is 11.9 Å². The fourth-order valence-corrected chi connectivity index (χ4v) is 3.08. The fraction of sp³-hybridized carbons (Fsp3) is 0.500. The van der Waals surface area contributed by atoms with Gasteiger partial charge in [0.2, 0.25) is 0 Å². The summed E-state index contributed by atoms with van der Waals surface area (Å²) in [4.78, 5) is 27.5. The van der Waals surface area contributed by atoms with E-state index in [-0.39, 0.29) is 11.8 Å². The molecule has 0 aromatic heterocycles. The number of fused-ring (bicyclic) bond motifs is 1. The van der Waals surface area contributed by atoms with Crippen molar-refractivity contribution in [3.8, 4) is 0 Å². The summed E-state index contributed by atoms with van der Waals surface area (Å²) in [6, 6.07) is 5.90. The number of likely N-dealkylation sites (tertiary alicyclic amines) is 1. The smallest absolute Gasteiger partial charge is 0.261 e. The van der Waals surface area contributed by atoms with Crippen LogP contribution >= 0.6 is 0 Å². The summed E-state index contributed by atoms with van der Waals surface area (Å²) in [5, 5.41) is 3.50. The number of anilines is 1. The number of amides is 2. The molecule has 2 aliphatic heterocycles. The maximum atomic E-state index is 12.0. The number of benzene rings is 1. The fourth-order valence-electron chi connectivity index (χ4n) is 3.08. The van der Waals surface area contributed by atoms with Crippen molar-refractivity contribution in [3.63, 3.8) is 0 Å². The van der Waals surface area contributed by atoms with Gasteiger partial charge in [-0.1, -0.05) is 6.92 Å². The van der Waals surface area contributed by atoms with Crippen molar-refractivity contribution in [1.29, 1.82) is 0 Å². The predicted molar refractivity (Wildman–Crippen MR) is 81.6 cm³/mol. The highest BCUT2D eigenvalue weighted by Crippen LogP contribution is 2.26. The molecule has 0 spiro atoms. The van der Waals surface area contributed by atoms with Crippen molar-refractivity contribution >= 4 is 17.5 Å². The molecule has 0 saturated carbocycles. The number of carbonyl (C=O) groups is 2. The van der Waals surface area contributed by atoms with E-state index < -0.39 is 0 Å². The highest BCUT2D eigenvalue weighted by Gasteiger charge is 2.32. The first-order chi connectivity index (χ1) is 10.1. The second-order valence-corrected chi connectivity index (χ2v) is 5.78. The molecule has 1 fully saturated rings. The SMILES string of the molecule is CCN1CCC(Nc2ccc3c(c2)C(=O)N(C)C3=O)CC1. The monoisotopic (exact) mass is 287 g/mol. The van der Waals surface area contributed by atoms with Crippen molar-refractivity contribution in [2.24, 2.45) is 0 Å². The molecular weight excluding hydrogens is 266 g/mol. The lowest BCUT2D eigenvalue weighted by atomic mass is 10.0. The first kappa shape index (κ1) is 14.1. The van der Waals surface area contributed by atoms with Crippen LogP contribution in [-0.2, 0) is 0 Å². The van der Waals surface area contributed by atoms with Crippen LogP contribution in [0.5, 0.6) is 0 Å². The van der Waals surface area contributed by atoms with Crippen molar-refractivity contribution in [1.82, 2.24) is 9.80 Å². The quantitative estimate of drug-likeness (QED) is 0.862. The van der Waals surface area contributed by atoms with E-state index in [4.69, 9.17) is 0 Å². The van der Waals surface area contributed by atoms with Gasteiger partial charge in [0.25, 0.3) is 11.8 Å². The molecular formula is C16H21N3O2. The molecule has 0 bridgehead atoms. The lowest BCUT2D eigenvalue weighted by Gasteiger charge is -2.32. The zero-order valence-electron chi connectivity index (χ0n) is 12.6. The molecule has 1 aromatic rings. The topological polar surface area (TPSA) is 52.7 Å². The van der Waals surface area contributed by atoms with Crippen LogP contribution in [0, 0.1) is 0 Å². The average Bonchev–Trinajstić information content (AvgIpc) is 2.73. The molecule has 0 unspecified atom stereocenters. The van der Waals surface area contributed by atoms with Crippen LogP contribution in [0.4, 0.5) is 5.69 Å². The van der Waals surface area contributed by atoms with Crippen LogP contribution in [0.25, 0.3) is 0 Å². The molecule has 2 amide bonds. The minimum atomic E-state index is -0.210. The van der Waals surface area contributed by atoms with Gasteiger partial charge >= 0.3 is 0 Å². The van der Waals surface area contributed by atoms with Crippen LogP contribution in [0.15, 0.2) is 18.2 Å². The van der Waals surface area contributed by atoms with E-state index in [1.54, 1.807) is 6.07 Å². The molecule has 3 rings (SSSR count). The summed E-state index contributed by atoms with van der Waals surface area (Å²) < 4.78 is 0. The van der Waals surface area contributed by atoms with E-state index in [0.717, 1.165) is 38.2 Å². The van der Waals surface area contributed by atoms with Gasteiger partial charge in [-0.05, 0) is 37.6 Å². The number of imide groups is 1. The lowest BCUT2D eigenvalue weighted by molar-refractivity contribution is 0.0693. The number of hydrogen-bond donors (Lipinski definition) is 1. The molecule has 0 radical (unpaired) electrons. The number of rotatable bonds is 3. The van der Waals surface area contributed by atoms with Crippen molar-refractivity contribution in [3.05, 3.63) is 29.3 Å². The molecule has 2 aliphatic rings. The van der Waals surface area contributed by atoms with E-state index in [9.17, 15) is 9.59 Å². The third kappa shape index (κ3) is 2.53. The van der Waals surface area contributed by atoms with E-state index >= 15 is 0 Å². The number of carbonyl (C=O) groups excluding carboxylic acids is 2. The Hall–Kier alpha value is -1.88. The highest BCUT2D eigenvalue weighted by atomic mass is 16.2. The van der Waals surface area contributed by atoms with E-state index in [2.05, 4.69) is 17.1 Å². The van der Waals surface area contributed by atoms with Gasteiger partial charge in [0, 0.05) is 31.9 Å². The Balaban J connectivity index is 1.71. The zero-order valence-corrected chi connectivity index (χ0v) is 12.6. The summed E-state index contributed by atoms with van der Waals surface area (Å²) in [5.74, 6) is -0.419. The van der Waals surface area contributed by atoms with Gasteiger partial charge in [0.1, 0.15) is 0 Å². The molecule has 2 heterocycles. The van der Waals surface area contributed by atoms with Gasteiger partial charge in [-0.25, -0.2) is 0 Å². The predicted octanol–water partition coefficient (Wildman–Crippen LogP) is 1.81. The Morgan fingerprint density at radius 1 is 1.14 bits per heavy atom. The van der Waals surface area contributed by atoms with Crippen LogP contribution in [0.2, 0.25) is 0 Å². The standard InChI is InChI=1S/C16H21N3O2/c1-3-19-8-6-11(7-9-19)17-12-4-5-13-14(10-12)16(21)18(2)15(13)20/h4-5,10-11,17H,3,6-9H2,1-2H3. The molecule has 5 nitrogen and oxygen atoms in total. The molecule has 0 aliphatic carbocycles. The van der Waals surface area contributed by atoms with Crippen molar-refractivity contribution in [2.45, 2.75) is 25.8 Å². The normalized spacial score (nSPS) is 20.0. The molecule has 1 N–H and O–H groups in total. The van der Waals surface area contributed by atoms with Crippen molar-refractivity contribution < 1.29 is 9.59 Å². The van der Waals surface area contributed by atoms with E-state index in [0.29, 0.717) is 17.2 Å². The molecule has 1 saturated heterocycles. The van der Waals surface area contributed by atoms with Crippen LogP contribution in [-0.4, -0.2) is 54.3 Å². The van der Waals surface area contributed by atoms with Gasteiger partial charge in [0.15, 0.2) is 0 Å². The van der Waals surface area contributed by atoms with Crippen LogP contribution in [0.3, 0.4) is 0 Å². The Bertz CT molecular complexity index is 577. The minimum absolute atomic E-state index is 0.209. The summed E-state index contributed by atoms with van der Waals surface area (Å²) in [5.41, 5.74) is 1.95. The molecule has 1 aromatic carbocycles. The average molecular weight is 287 g/mol. The number of nitrogens with zero attached hydrogens (tertiary/aromatic N) is 2. The Labute approximate surface area is 124 Å². The summed E-state index contributed by atoms with van der Waals surface area (Å²) in [6.07, 6.45) is 2.22. The second-order valence-electron chi connectivity index (χ2n) is 5.78. The summed E-state index contributed by atoms with van der Waals surface area (Å²) in [6.45, 7) is 5.51. The van der Waals surface area contributed by atoms with Gasteiger partial charge in [-0.3, -0.25) is 14.5 Å². The first-order valence-electron chi connectivity index (χ1n) is 7.55. The Kier molecular flexibility index (Phi) is 3.68. The van der Waals surface area contributed by atoms with Gasteiger partial charge in [0.05, 0.1) is 11.1 Å². The molecule has 5 heteroatoms. The minimum Gasteiger partial charge on any atom is -0.382 e. The molecule has 112 valence electrons. The van der Waals surface area contributed by atoms with Gasteiger partial charge in [-0.15, -0.1) is 0 Å². The lowest BCUT2D eigenvalue weighted by Crippen LogP contribution is -2.38. The van der Waals surface area contributed by atoms with Gasteiger partial charge < -0.3 is 10.2 Å². The first-order valence-corrected chi connectivity index (χ1v) is 7.55. The number of nitrogens with one attached hydrogen (secondary N) is 1. The number of piperidine rings is 1. The zero-order chi connectivity index (χ0) is 15.0. The molecule has 21 heavy (non-hydrogen) atoms. The van der Waals surface area contributed by atoms with Crippen LogP contribution in [0.1, 0.15) is 40.5 Å². The maximum absolute atomic E-state index is 12.0. The van der Waals surface area contributed by atoms with Crippen molar-refractivity contribution in [2.75, 3.05) is 32.0 Å². The van der Waals surface area contributed by atoms with Crippen LogP contribution < -0.4 is 5.32 Å². The molecule has 0 atom stereocenters. The summed E-state index contributed by atoms with van der Waals surface area (Å²) >= 11 is 0. The van der Waals surface area contributed by atoms with E-state index in [1.807, 2.05) is 12.1 Å². The third-order valence-electron chi connectivity index (χ3n) is 4.50. The largest absolute Gasteiger partial charge is 0.382 e. The second kappa shape index (κ2) is 5.48. The summed E-state index contributed by atoms with van der Waals surface area (Å²) in [7, 11) is 1.53. The maximum Gasteiger partial charge on any atom is 0.261 e. The Morgan fingerprint density at radius 3 is 2.48 bits per heavy atom. The highest BCUT2D eigenvalue weighted by molar-refractivity contribution is 6.21. The third-order valence-corrected chi connectivity index (χ3v) is 4.50. The van der Waals surface area contributed by atoms with Gasteiger partial charge in [-0.2, -0.15) is 0 Å². The Morgan fingerprint density at radius 2 is 1.81 bits per heavy atom.